The summed E-state index contributed by atoms with van der Waals surface area (Å²) < 4.78 is 0. The number of hydrogen-bond donors (Lipinski definition) is 1. The molecule has 0 bridgehead atoms. The van der Waals surface area contributed by atoms with E-state index in [2.05, 4.69) is 65.1 Å². The Morgan fingerprint density at radius 1 is 1.00 bits per heavy atom. The van der Waals surface area contributed by atoms with Crippen molar-refractivity contribution in [2.45, 2.75) is 54.0 Å². The van der Waals surface area contributed by atoms with E-state index in [4.69, 9.17) is 4.98 Å². The zero-order valence-corrected chi connectivity index (χ0v) is 14.2. The van der Waals surface area contributed by atoms with E-state index < -0.39 is 0 Å². The molecule has 2 nitrogen and oxygen atoms in total. The van der Waals surface area contributed by atoms with Crippen molar-refractivity contribution in [3.8, 4) is 0 Å². The molecule has 2 aromatic rings. The highest BCUT2D eigenvalue weighted by Gasteiger charge is 2.10. The van der Waals surface area contributed by atoms with Crippen LogP contribution in [0.5, 0.6) is 0 Å². The van der Waals surface area contributed by atoms with E-state index in [0.29, 0.717) is 11.8 Å². The smallest absolute Gasteiger partial charge is 0.0711 e. The molecule has 0 fully saturated rings. The molecule has 2 rings (SSSR count). The van der Waals surface area contributed by atoms with Gasteiger partial charge in [-0.05, 0) is 67.1 Å². The van der Waals surface area contributed by atoms with Crippen molar-refractivity contribution >= 4 is 10.9 Å². The summed E-state index contributed by atoms with van der Waals surface area (Å²) in [4.78, 5) is 4.85. The molecular weight excluding hydrogens is 256 g/mol. The fourth-order valence-electron chi connectivity index (χ4n) is 2.52. The lowest BCUT2D eigenvalue weighted by Gasteiger charge is -2.15. The first-order valence-electron chi connectivity index (χ1n) is 8.00. The standard InChI is InChI=1S/C19H28N2/c1-12(2)10-20-11-16-9-18(13(3)4)21-19-8-15(6)14(5)7-17(16)19/h7-9,12-13,20H,10-11H2,1-6H3. The molecule has 2 heteroatoms. The van der Waals surface area contributed by atoms with Crippen molar-refractivity contribution in [2.75, 3.05) is 6.54 Å². The molecule has 0 amide bonds. The van der Waals surface area contributed by atoms with Crippen LogP contribution in [0.15, 0.2) is 18.2 Å². The summed E-state index contributed by atoms with van der Waals surface area (Å²) in [5.41, 5.74) is 6.34. The quantitative estimate of drug-likeness (QED) is 0.859. The van der Waals surface area contributed by atoms with Crippen molar-refractivity contribution in [2.24, 2.45) is 5.92 Å². The largest absolute Gasteiger partial charge is 0.312 e. The van der Waals surface area contributed by atoms with Crippen LogP contribution in [0.3, 0.4) is 0 Å². The van der Waals surface area contributed by atoms with Crippen molar-refractivity contribution in [1.82, 2.24) is 10.3 Å². The van der Waals surface area contributed by atoms with Crippen LogP contribution in [-0.4, -0.2) is 11.5 Å². The van der Waals surface area contributed by atoms with E-state index in [-0.39, 0.29) is 0 Å². The highest BCUT2D eigenvalue weighted by molar-refractivity contribution is 5.84. The monoisotopic (exact) mass is 284 g/mol. The summed E-state index contributed by atoms with van der Waals surface area (Å²) in [7, 11) is 0. The Bertz CT molecular complexity index is 627. The van der Waals surface area contributed by atoms with Crippen molar-refractivity contribution in [3.05, 3.63) is 40.6 Å². The van der Waals surface area contributed by atoms with Gasteiger partial charge in [-0.1, -0.05) is 27.7 Å². The summed E-state index contributed by atoms with van der Waals surface area (Å²) in [5, 5.41) is 4.86. The van der Waals surface area contributed by atoms with E-state index in [1.807, 2.05) is 0 Å². The van der Waals surface area contributed by atoms with Gasteiger partial charge in [0.15, 0.2) is 0 Å². The molecule has 0 radical (unpaired) electrons. The van der Waals surface area contributed by atoms with E-state index in [1.165, 1.54) is 27.8 Å². The first-order valence-corrected chi connectivity index (χ1v) is 8.00. The Morgan fingerprint density at radius 2 is 1.67 bits per heavy atom. The molecule has 114 valence electrons. The molecular formula is C19H28N2. The van der Waals surface area contributed by atoms with Crippen LogP contribution in [-0.2, 0) is 6.54 Å². The van der Waals surface area contributed by atoms with Crippen LogP contribution < -0.4 is 5.32 Å². The maximum Gasteiger partial charge on any atom is 0.0711 e. The Kier molecular flexibility index (Phi) is 5.00. The SMILES string of the molecule is Cc1cc2nc(C(C)C)cc(CNCC(C)C)c2cc1C. The van der Waals surface area contributed by atoms with E-state index in [9.17, 15) is 0 Å². The summed E-state index contributed by atoms with van der Waals surface area (Å²) in [6.45, 7) is 15.2. The number of fused-ring (bicyclic) bond motifs is 1. The Balaban J connectivity index is 2.46. The summed E-state index contributed by atoms with van der Waals surface area (Å²) in [6, 6.07) is 6.78. The lowest BCUT2D eigenvalue weighted by Crippen LogP contribution is -2.19. The number of rotatable bonds is 5. The van der Waals surface area contributed by atoms with Gasteiger partial charge in [-0.15, -0.1) is 0 Å². The third-order valence-electron chi connectivity index (χ3n) is 3.99. The number of nitrogens with zero attached hydrogens (tertiary/aromatic N) is 1. The summed E-state index contributed by atoms with van der Waals surface area (Å²) >= 11 is 0. The predicted octanol–water partition coefficient (Wildman–Crippen LogP) is 4.72. The van der Waals surface area contributed by atoms with Gasteiger partial charge < -0.3 is 5.32 Å². The number of aryl methyl sites for hydroxylation is 2. The maximum atomic E-state index is 4.85. The molecule has 0 aliphatic rings. The molecule has 0 unspecified atom stereocenters. The van der Waals surface area contributed by atoms with Gasteiger partial charge in [-0.2, -0.15) is 0 Å². The number of benzene rings is 1. The Hall–Kier alpha value is -1.41. The highest BCUT2D eigenvalue weighted by Crippen LogP contribution is 2.25. The fourth-order valence-corrected chi connectivity index (χ4v) is 2.52. The topological polar surface area (TPSA) is 24.9 Å². The van der Waals surface area contributed by atoms with Crippen LogP contribution in [0.2, 0.25) is 0 Å². The van der Waals surface area contributed by atoms with Crippen molar-refractivity contribution in [1.29, 1.82) is 0 Å². The number of aromatic nitrogens is 1. The van der Waals surface area contributed by atoms with Crippen molar-refractivity contribution < 1.29 is 0 Å². The van der Waals surface area contributed by atoms with Gasteiger partial charge in [-0.3, -0.25) is 4.98 Å². The van der Waals surface area contributed by atoms with Crippen LogP contribution in [0, 0.1) is 19.8 Å². The second kappa shape index (κ2) is 6.57. The van der Waals surface area contributed by atoms with E-state index in [1.54, 1.807) is 0 Å². The minimum atomic E-state index is 0.458. The van der Waals surface area contributed by atoms with Crippen LogP contribution in [0.1, 0.15) is 56.0 Å². The minimum absolute atomic E-state index is 0.458. The number of nitrogens with one attached hydrogen (secondary N) is 1. The molecule has 0 aliphatic heterocycles. The lowest BCUT2D eigenvalue weighted by molar-refractivity contribution is 0.553. The predicted molar refractivity (Wildman–Crippen MR) is 91.9 cm³/mol. The number of pyridine rings is 1. The van der Waals surface area contributed by atoms with E-state index >= 15 is 0 Å². The van der Waals surface area contributed by atoms with E-state index in [0.717, 1.165) is 18.6 Å². The van der Waals surface area contributed by atoms with Gasteiger partial charge >= 0.3 is 0 Å². The highest BCUT2D eigenvalue weighted by atomic mass is 14.9. The summed E-state index contributed by atoms with van der Waals surface area (Å²) in [6.07, 6.45) is 0. The molecule has 21 heavy (non-hydrogen) atoms. The van der Waals surface area contributed by atoms with Gasteiger partial charge in [0.05, 0.1) is 5.52 Å². The third-order valence-corrected chi connectivity index (χ3v) is 3.99. The maximum absolute atomic E-state index is 4.85. The second-order valence-electron chi connectivity index (χ2n) is 6.84. The average molecular weight is 284 g/mol. The second-order valence-corrected chi connectivity index (χ2v) is 6.84. The van der Waals surface area contributed by atoms with Crippen LogP contribution in [0.25, 0.3) is 10.9 Å². The molecule has 0 saturated heterocycles. The first-order chi connectivity index (χ1) is 9.88. The molecule has 1 heterocycles. The first kappa shape index (κ1) is 16.0. The van der Waals surface area contributed by atoms with Crippen LogP contribution in [0.4, 0.5) is 0 Å². The molecule has 0 atom stereocenters. The van der Waals surface area contributed by atoms with Gasteiger partial charge in [-0.25, -0.2) is 0 Å². The number of hydrogen-bond acceptors (Lipinski definition) is 2. The molecule has 0 aliphatic carbocycles. The third kappa shape index (κ3) is 3.82. The van der Waals surface area contributed by atoms with Gasteiger partial charge in [0.2, 0.25) is 0 Å². The fraction of sp³-hybridized carbons (Fsp3) is 0.526. The zero-order chi connectivity index (χ0) is 15.6. The van der Waals surface area contributed by atoms with Crippen molar-refractivity contribution in [3.63, 3.8) is 0 Å². The van der Waals surface area contributed by atoms with Gasteiger partial charge in [0, 0.05) is 17.6 Å². The summed E-state index contributed by atoms with van der Waals surface area (Å²) in [5.74, 6) is 1.13. The minimum Gasteiger partial charge on any atom is -0.312 e. The van der Waals surface area contributed by atoms with Gasteiger partial charge in [0.1, 0.15) is 0 Å². The molecule has 0 spiro atoms. The van der Waals surface area contributed by atoms with Crippen LogP contribution >= 0.6 is 0 Å². The molecule has 0 saturated carbocycles. The molecule has 1 aromatic carbocycles. The molecule has 1 N–H and O–H groups in total. The van der Waals surface area contributed by atoms with Gasteiger partial charge in [0.25, 0.3) is 0 Å². The lowest BCUT2D eigenvalue weighted by atomic mass is 9.99. The zero-order valence-electron chi connectivity index (χ0n) is 14.2. The Morgan fingerprint density at radius 3 is 2.29 bits per heavy atom. The molecule has 1 aromatic heterocycles. The normalized spacial score (nSPS) is 11.8. The Labute approximate surface area is 129 Å². The average Bonchev–Trinajstić information content (AvgIpc) is 2.39.